The molecule has 0 unspecified atom stereocenters. The minimum atomic E-state index is 0.661. The number of hydrogen-bond donors (Lipinski definition) is 1. The zero-order valence-electron chi connectivity index (χ0n) is 15.6. The van der Waals surface area contributed by atoms with E-state index >= 15 is 0 Å². The number of nitrogens with two attached hydrogens (primary N) is 1. The van der Waals surface area contributed by atoms with Gasteiger partial charge in [-0.05, 0) is 56.1 Å². The highest BCUT2D eigenvalue weighted by Crippen LogP contribution is 2.25. The van der Waals surface area contributed by atoms with Gasteiger partial charge >= 0.3 is 0 Å². The Morgan fingerprint density at radius 1 is 1.04 bits per heavy atom. The third-order valence-electron chi connectivity index (χ3n) is 4.68. The number of aromatic nitrogens is 4. The van der Waals surface area contributed by atoms with Gasteiger partial charge in [-0.2, -0.15) is 0 Å². The van der Waals surface area contributed by atoms with Crippen molar-refractivity contribution in [1.29, 1.82) is 0 Å². The molecule has 4 rings (SSSR count). The van der Waals surface area contributed by atoms with Crippen molar-refractivity contribution in [3.63, 3.8) is 0 Å². The molecule has 0 fully saturated rings. The molecule has 27 heavy (non-hydrogen) atoms. The molecule has 3 aromatic heterocycles. The Morgan fingerprint density at radius 2 is 1.85 bits per heavy atom. The lowest BCUT2D eigenvalue weighted by molar-refractivity contribution is 0.832. The van der Waals surface area contributed by atoms with Crippen LogP contribution in [0, 0.1) is 13.8 Å². The van der Waals surface area contributed by atoms with Gasteiger partial charge in [-0.3, -0.25) is 4.57 Å². The maximum Gasteiger partial charge on any atom is 0.178 e. The summed E-state index contributed by atoms with van der Waals surface area (Å²) in [6.45, 7) is 4.81. The van der Waals surface area contributed by atoms with Gasteiger partial charge in [0, 0.05) is 35.8 Å². The molecule has 4 aromatic rings. The van der Waals surface area contributed by atoms with Crippen molar-refractivity contribution in [1.82, 2.24) is 19.5 Å². The average Bonchev–Trinajstić information content (AvgIpc) is 3.28. The molecule has 3 heterocycles. The molecular weight excluding hydrogens is 354 g/mol. The third-order valence-corrected chi connectivity index (χ3v) is 5.52. The minimum Gasteiger partial charge on any atom is -0.330 e. The summed E-state index contributed by atoms with van der Waals surface area (Å²) in [5, 5.41) is 3.15. The van der Waals surface area contributed by atoms with Crippen molar-refractivity contribution in [2.45, 2.75) is 33.1 Å². The number of hydrogen-bond acceptors (Lipinski definition) is 5. The van der Waals surface area contributed by atoms with E-state index in [1.807, 2.05) is 18.5 Å². The molecule has 0 spiro atoms. The Kier molecular flexibility index (Phi) is 5.01. The highest BCUT2D eigenvalue weighted by atomic mass is 32.1. The Morgan fingerprint density at radius 3 is 2.56 bits per heavy atom. The van der Waals surface area contributed by atoms with E-state index in [0.29, 0.717) is 6.54 Å². The molecule has 0 aliphatic rings. The standard InChI is InChI=1S/C21H23N5S/c1-14-13-15(2)24-21-20(14)26(17-5-3-16(4-6-17)9-10-22)18(25-21)7-8-19-23-11-12-27-19/h3-6,11-13H,7-10,22H2,1-2H3. The van der Waals surface area contributed by atoms with E-state index in [0.717, 1.165) is 52.6 Å². The predicted molar refractivity (Wildman–Crippen MR) is 111 cm³/mol. The van der Waals surface area contributed by atoms with Gasteiger partial charge in [-0.15, -0.1) is 11.3 Å². The normalized spacial score (nSPS) is 11.4. The number of pyridine rings is 1. The first-order valence-corrected chi connectivity index (χ1v) is 10.1. The molecule has 138 valence electrons. The number of thiazole rings is 1. The Bertz CT molecular complexity index is 1050. The second-order valence-corrected chi connectivity index (χ2v) is 7.73. The quantitative estimate of drug-likeness (QED) is 0.555. The van der Waals surface area contributed by atoms with Crippen LogP contribution in [-0.2, 0) is 19.3 Å². The molecule has 0 aliphatic carbocycles. The molecule has 0 aliphatic heterocycles. The summed E-state index contributed by atoms with van der Waals surface area (Å²) in [7, 11) is 0. The average molecular weight is 378 g/mol. The fourth-order valence-corrected chi connectivity index (χ4v) is 4.11. The lowest BCUT2D eigenvalue weighted by Crippen LogP contribution is -2.05. The van der Waals surface area contributed by atoms with Crippen molar-refractivity contribution < 1.29 is 0 Å². The number of rotatable bonds is 6. The van der Waals surface area contributed by atoms with E-state index in [4.69, 9.17) is 10.7 Å². The van der Waals surface area contributed by atoms with Gasteiger partial charge in [0.2, 0.25) is 0 Å². The first kappa shape index (κ1) is 17.8. The van der Waals surface area contributed by atoms with Crippen molar-refractivity contribution >= 4 is 22.5 Å². The van der Waals surface area contributed by atoms with Crippen LogP contribution in [0.15, 0.2) is 41.9 Å². The van der Waals surface area contributed by atoms with E-state index in [-0.39, 0.29) is 0 Å². The SMILES string of the molecule is Cc1cc(C)c2c(n1)nc(CCc1nccs1)n2-c1ccc(CCN)cc1. The van der Waals surface area contributed by atoms with Crippen LogP contribution in [0.1, 0.15) is 27.7 Å². The van der Waals surface area contributed by atoms with E-state index in [2.05, 4.69) is 51.8 Å². The van der Waals surface area contributed by atoms with Crippen molar-refractivity contribution in [2.24, 2.45) is 5.73 Å². The van der Waals surface area contributed by atoms with Crippen LogP contribution in [0.3, 0.4) is 0 Å². The highest BCUT2D eigenvalue weighted by Gasteiger charge is 2.16. The van der Waals surface area contributed by atoms with Crippen LogP contribution < -0.4 is 5.73 Å². The third kappa shape index (κ3) is 3.63. The van der Waals surface area contributed by atoms with Crippen LogP contribution in [-0.4, -0.2) is 26.1 Å². The summed E-state index contributed by atoms with van der Waals surface area (Å²) in [4.78, 5) is 14.0. The van der Waals surface area contributed by atoms with Crippen LogP contribution in [0.2, 0.25) is 0 Å². The fourth-order valence-electron chi connectivity index (χ4n) is 3.49. The minimum absolute atomic E-state index is 0.661. The van der Waals surface area contributed by atoms with Gasteiger partial charge < -0.3 is 5.73 Å². The summed E-state index contributed by atoms with van der Waals surface area (Å²) in [6.07, 6.45) is 4.45. The zero-order chi connectivity index (χ0) is 18.8. The summed E-state index contributed by atoms with van der Waals surface area (Å²) < 4.78 is 2.25. The molecule has 1 aromatic carbocycles. The first-order chi connectivity index (χ1) is 13.2. The van der Waals surface area contributed by atoms with Gasteiger partial charge in [-0.25, -0.2) is 15.0 Å². The van der Waals surface area contributed by atoms with Gasteiger partial charge in [0.15, 0.2) is 5.65 Å². The van der Waals surface area contributed by atoms with Crippen LogP contribution in [0.25, 0.3) is 16.9 Å². The van der Waals surface area contributed by atoms with E-state index < -0.39 is 0 Å². The zero-order valence-corrected chi connectivity index (χ0v) is 16.5. The maximum atomic E-state index is 5.68. The lowest BCUT2D eigenvalue weighted by Gasteiger charge is -2.11. The Labute approximate surface area is 162 Å². The van der Waals surface area contributed by atoms with Crippen molar-refractivity contribution in [3.05, 3.63) is 69.6 Å². The molecule has 0 radical (unpaired) electrons. The maximum absolute atomic E-state index is 5.68. The Hall–Kier alpha value is -2.57. The Balaban J connectivity index is 1.80. The summed E-state index contributed by atoms with van der Waals surface area (Å²) in [5.41, 5.74) is 12.1. The second-order valence-electron chi connectivity index (χ2n) is 6.75. The highest BCUT2D eigenvalue weighted by molar-refractivity contribution is 7.09. The predicted octanol–water partition coefficient (Wildman–Crippen LogP) is 3.78. The first-order valence-electron chi connectivity index (χ1n) is 9.19. The van der Waals surface area contributed by atoms with Crippen molar-refractivity contribution in [2.75, 3.05) is 6.54 Å². The molecule has 6 heteroatoms. The largest absolute Gasteiger partial charge is 0.330 e. The van der Waals surface area contributed by atoms with Crippen molar-refractivity contribution in [3.8, 4) is 5.69 Å². The number of benzene rings is 1. The van der Waals surface area contributed by atoms with E-state index in [1.165, 1.54) is 11.1 Å². The van der Waals surface area contributed by atoms with Crippen LogP contribution in [0.5, 0.6) is 0 Å². The molecule has 0 amide bonds. The smallest absolute Gasteiger partial charge is 0.178 e. The van der Waals surface area contributed by atoms with Gasteiger partial charge in [-0.1, -0.05) is 12.1 Å². The number of imidazole rings is 1. The number of nitrogens with zero attached hydrogens (tertiary/aromatic N) is 4. The summed E-state index contributed by atoms with van der Waals surface area (Å²) in [6, 6.07) is 10.7. The van der Waals surface area contributed by atoms with Crippen LogP contribution in [0.4, 0.5) is 0 Å². The summed E-state index contributed by atoms with van der Waals surface area (Å²) >= 11 is 1.69. The molecule has 2 N–H and O–H groups in total. The van der Waals surface area contributed by atoms with Crippen LogP contribution >= 0.6 is 11.3 Å². The topological polar surface area (TPSA) is 69.6 Å². The molecule has 0 saturated carbocycles. The summed E-state index contributed by atoms with van der Waals surface area (Å²) in [5.74, 6) is 1.02. The number of fused-ring (bicyclic) bond motifs is 1. The molecule has 0 bridgehead atoms. The van der Waals surface area contributed by atoms with E-state index in [1.54, 1.807) is 11.3 Å². The van der Waals surface area contributed by atoms with Gasteiger partial charge in [0.25, 0.3) is 0 Å². The molecule has 0 atom stereocenters. The monoisotopic (exact) mass is 377 g/mol. The van der Waals surface area contributed by atoms with Gasteiger partial charge in [0.1, 0.15) is 5.82 Å². The van der Waals surface area contributed by atoms with Gasteiger partial charge in [0.05, 0.1) is 10.5 Å². The van der Waals surface area contributed by atoms with E-state index in [9.17, 15) is 0 Å². The number of aryl methyl sites for hydroxylation is 4. The lowest BCUT2D eigenvalue weighted by atomic mass is 10.1. The fraction of sp³-hybridized carbons (Fsp3) is 0.286. The second kappa shape index (κ2) is 7.58. The molecule has 5 nitrogen and oxygen atoms in total. The molecule has 0 saturated heterocycles. The molecular formula is C21H23N5S.